The van der Waals surface area contributed by atoms with Gasteiger partial charge in [-0.1, -0.05) is 37.3 Å². The number of pyridine rings is 1. The third-order valence-corrected chi connectivity index (χ3v) is 6.75. The van der Waals surface area contributed by atoms with Gasteiger partial charge in [-0.25, -0.2) is 15.0 Å². The van der Waals surface area contributed by atoms with Crippen molar-refractivity contribution in [2.24, 2.45) is 5.92 Å². The molecule has 0 saturated carbocycles. The van der Waals surface area contributed by atoms with Gasteiger partial charge in [0.1, 0.15) is 12.1 Å². The summed E-state index contributed by atoms with van der Waals surface area (Å²) >= 11 is 0. The standard InChI is InChI=1S/C28H29N4O/c1-19-14-24(22-11-12-26(33-3)29-16-22)15-25-27(19)30-18-31-28(25)32-13-7-10-23(17-32)20(2)21-8-5-4-6-9-21/h4-6,8-9,11-12,14-16,18,23H,7,10,13,17H2,1-3H3/t23-/m1/s1. The van der Waals surface area contributed by atoms with Gasteiger partial charge in [0.25, 0.3) is 0 Å². The number of aryl methyl sites for hydroxylation is 1. The SMILES string of the molecule is COc1ccc(-c2cc(C)c3ncnc(N4CCC[C@@H]([C](C)c5ccccc5)C4)c3c2)cn1. The van der Waals surface area contributed by atoms with Crippen molar-refractivity contribution in [3.05, 3.63) is 84.2 Å². The van der Waals surface area contributed by atoms with Gasteiger partial charge < -0.3 is 9.64 Å². The average molecular weight is 438 g/mol. The fraction of sp³-hybridized carbons (Fsp3) is 0.286. The van der Waals surface area contributed by atoms with E-state index >= 15 is 0 Å². The number of methoxy groups -OCH3 is 1. The number of piperidine rings is 1. The third-order valence-electron chi connectivity index (χ3n) is 6.75. The maximum Gasteiger partial charge on any atom is 0.212 e. The topological polar surface area (TPSA) is 51.1 Å². The molecule has 1 radical (unpaired) electrons. The molecule has 0 bridgehead atoms. The summed E-state index contributed by atoms with van der Waals surface area (Å²) < 4.78 is 5.22. The second-order valence-electron chi connectivity index (χ2n) is 8.81. The number of hydrogen-bond donors (Lipinski definition) is 0. The zero-order valence-corrected chi connectivity index (χ0v) is 19.5. The molecule has 1 atom stereocenters. The quantitative estimate of drug-likeness (QED) is 0.391. The summed E-state index contributed by atoms with van der Waals surface area (Å²) in [6.45, 7) is 6.38. The number of anilines is 1. The molecule has 2 aromatic heterocycles. The highest BCUT2D eigenvalue weighted by Gasteiger charge is 2.27. The van der Waals surface area contributed by atoms with Crippen molar-refractivity contribution in [3.63, 3.8) is 0 Å². The predicted molar refractivity (Wildman–Crippen MR) is 133 cm³/mol. The molecule has 1 aliphatic heterocycles. The van der Waals surface area contributed by atoms with Crippen molar-refractivity contribution in [2.75, 3.05) is 25.1 Å². The molecule has 4 aromatic rings. The lowest BCUT2D eigenvalue weighted by Crippen LogP contribution is -2.38. The van der Waals surface area contributed by atoms with Crippen molar-refractivity contribution in [3.8, 4) is 17.0 Å². The van der Waals surface area contributed by atoms with Gasteiger partial charge in [0.15, 0.2) is 0 Å². The maximum absolute atomic E-state index is 5.22. The van der Waals surface area contributed by atoms with Crippen LogP contribution in [0.1, 0.15) is 30.9 Å². The summed E-state index contributed by atoms with van der Waals surface area (Å²) in [7, 11) is 1.63. The highest BCUT2D eigenvalue weighted by molar-refractivity contribution is 5.95. The van der Waals surface area contributed by atoms with Crippen LogP contribution in [0.3, 0.4) is 0 Å². The molecule has 5 rings (SSSR count). The minimum atomic E-state index is 0.515. The van der Waals surface area contributed by atoms with E-state index in [-0.39, 0.29) is 0 Å². The third kappa shape index (κ3) is 4.28. The van der Waals surface area contributed by atoms with E-state index in [0.717, 1.165) is 52.9 Å². The molecule has 33 heavy (non-hydrogen) atoms. The fourth-order valence-corrected chi connectivity index (χ4v) is 4.88. The van der Waals surface area contributed by atoms with Crippen molar-refractivity contribution >= 4 is 16.7 Å². The summed E-state index contributed by atoms with van der Waals surface area (Å²) in [5, 5.41) is 1.10. The molecule has 0 unspecified atom stereocenters. The van der Waals surface area contributed by atoms with Gasteiger partial charge in [-0.2, -0.15) is 0 Å². The number of fused-ring (bicyclic) bond motifs is 1. The molecular formula is C28H29N4O. The van der Waals surface area contributed by atoms with Crippen LogP contribution in [0.5, 0.6) is 5.88 Å². The van der Waals surface area contributed by atoms with Gasteiger partial charge in [0.2, 0.25) is 5.88 Å². The van der Waals surface area contributed by atoms with Gasteiger partial charge >= 0.3 is 0 Å². The van der Waals surface area contributed by atoms with Crippen LogP contribution in [0.4, 0.5) is 5.82 Å². The van der Waals surface area contributed by atoms with E-state index in [1.807, 2.05) is 18.3 Å². The van der Waals surface area contributed by atoms with E-state index < -0.39 is 0 Å². The van der Waals surface area contributed by atoms with E-state index in [1.54, 1.807) is 13.4 Å². The van der Waals surface area contributed by atoms with Crippen LogP contribution in [0.15, 0.2) is 67.1 Å². The number of nitrogens with zero attached hydrogens (tertiary/aromatic N) is 4. The smallest absolute Gasteiger partial charge is 0.212 e. The van der Waals surface area contributed by atoms with E-state index in [2.05, 4.69) is 71.2 Å². The second-order valence-corrected chi connectivity index (χ2v) is 8.81. The van der Waals surface area contributed by atoms with Crippen molar-refractivity contribution in [1.82, 2.24) is 15.0 Å². The lowest BCUT2D eigenvalue weighted by Gasteiger charge is -2.37. The van der Waals surface area contributed by atoms with Crippen LogP contribution < -0.4 is 9.64 Å². The Kier molecular flexibility index (Phi) is 5.95. The predicted octanol–water partition coefficient (Wildman–Crippen LogP) is 5.87. The molecule has 3 heterocycles. The van der Waals surface area contributed by atoms with Gasteiger partial charge in [-0.05, 0) is 60.6 Å². The van der Waals surface area contributed by atoms with Crippen LogP contribution in [-0.2, 0) is 0 Å². The Bertz CT molecular complexity index is 1240. The fourth-order valence-electron chi connectivity index (χ4n) is 4.88. The minimum absolute atomic E-state index is 0.515. The average Bonchev–Trinajstić information content (AvgIpc) is 2.88. The lowest BCUT2D eigenvalue weighted by atomic mass is 9.82. The Hall–Kier alpha value is -3.47. The number of rotatable bonds is 5. The van der Waals surface area contributed by atoms with Crippen molar-refractivity contribution in [1.29, 1.82) is 0 Å². The van der Waals surface area contributed by atoms with Crippen LogP contribution >= 0.6 is 0 Å². The maximum atomic E-state index is 5.22. The Balaban J connectivity index is 1.50. The van der Waals surface area contributed by atoms with Gasteiger partial charge in [-0.15, -0.1) is 0 Å². The summed E-state index contributed by atoms with van der Waals surface area (Å²) in [6, 6.07) is 19.1. The lowest BCUT2D eigenvalue weighted by molar-refractivity contribution is 0.398. The largest absolute Gasteiger partial charge is 0.481 e. The van der Waals surface area contributed by atoms with E-state index in [1.165, 1.54) is 17.9 Å². The Morgan fingerprint density at radius 3 is 2.61 bits per heavy atom. The van der Waals surface area contributed by atoms with Crippen LogP contribution in [0.2, 0.25) is 0 Å². The Morgan fingerprint density at radius 1 is 1.00 bits per heavy atom. The molecule has 5 nitrogen and oxygen atoms in total. The zero-order chi connectivity index (χ0) is 22.8. The number of ether oxygens (including phenoxy) is 1. The highest BCUT2D eigenvalue weighted by atomic mass is 16.5. The molecule has 1 aliphatic rings. The number of hydrogen-bond acceptors (Lipinski definition) is 5. The molecular weight excluding hydrogens is 408 g/mol. The molecule has 1 saturated heterocycles. The second kappa shape index (κ2) is 9.18. The molecule has 1 fully saturated rings. The van der Waals surface area contributed by atoms with E-state index in [4.69, 9.17) is 9.72 Å². The summed E-state index contributed by atoms with van der Waals surface area (Å²) in [6.07, 6.45) is 5.93. The highest BCUT2D eigenvalue weighted by Crippen LogP contribution is 2.36. The summed E-state index contributed by atoms with van der Waals surface area (Å²) in [4.78, 5) is 16.2. The first-order valence-corrected chi connectivity index (χ1v) is 11.5. The first kappa shape index (κ1) is 21.4. The van der Waals surface area contributed by atoms with Gasteiger partial charge in [0, 0.05) is 42.2 Å². The molecule has 0 amide bonds. The number of benzene rings is 2. The number of aromatic nitrogens is 3. The van der Waals surface area contributed by atoms with Gasteiger partial charge in [-0.3, -0.25) is 0 Å². The molecule has 0 spiro atoms. The van der Waals surface area contributed by atoms with Crippen LogP contribution in [-0.4, -0.2) is 35.2 Å². The Morgan fingerprint density at radius 2 is 1.85 bits per heavy atom. The van der Waals surface area contributed by atoms with E-state index in [9.17, 15) is 0 Å². The molecule has 5 heteroatoms. The first-order valence-electron chi connectivity index (χ1n) is 11.5. The zero-order valence-electron chi connectivity index (χ0n) is 19.5. The van der Waals surface area contributed by atoms with Crippen molar-refractivity contribution in [2.45, 2.75) is 26.7 Å². The molecule has 2 aromatic carbocycles. The minimum Gasteiger partial charge on any atom is -0.481 e. The molecule has 0 aliphatic carbocycles. The summed E-state index contributed by atoms with van der Waals surface area (Å²) in [5.41, 5.74) is 5.66. The normalized spacial score (nSPS) is 16.4. The molecule has 0 N–H and O–H groups in total. The van der Waals surface area contributed by atoms with Crippen LogP contribution in [0.25, 0.3) is 22.0 Å². The Labute approximate surface area is 195 Å². The first-order chi connectivity index (χ1) is 16.1. The van der Waals surface area contributed by atoms with Crippen LogP contribution in [0, 0.1) is 18.8 Å². The monoisotopic (exact) mass is 437 g/mol. The van der Waals surface area contributed by atoms with E-state index in [0.29, 0.717) is 11.8 Å². The molecule has 167 valence electrons. The van der Waals surface area contributed by atoms with Gasteiger partial charge in [0.05, 0.1) is 12.6 Å². The summed E-state index contributed by atoms with van der Waals surface area (Å²) in [5.74, 6) is 3.61. The van der Waals surface area contributed by atoms with Crippen molar-refractivity contribution < 1.29 is 4.74 Å².